The van der Waals surface area contributed by atoms with E-state index in [-0.39, 0.29) is 64.9 Å². The van der Waals surface area contributed by atoms with E-state index in [4.69, 9.17) is 9.68 Å². The van der Waals surface area contributed by atoms with Gasteiger partial charge in [-0.1, -0.05) is 13.2 Å². The van der Waals surface area contributed by atoms with Gasteiger partial charge in [0.25, 0.3) is 23.6 Å². The van der Waals surface area contributed by atoms with Crippen molar-refractivity contribution in [2.45, 2.75) is 38.5 Å². The first-order valence-corrected chi connectivity index (χ1v) is 12.2. The lowest BCUT2D eigenvalue weighted by atomic mass is 10.1. The van der Waals surface area contributed by atoms with Crippen LogP contribution in [0.4, 0.5) is 0 Å². The largest absolute Gasteiger partial charge is 0.352 e. The Bertz CT molecular complexity index is 986. The Morgan fingerprint density at radius 3 is 1.79 bits per heavy atom. The summed E-state index contributed by atoms with van der Waals surface area (Å²) in [5.41, 5.74) is 0. The number of carbonyl (C=O) groups excluding carboxylic acids is 8. The van der Waals surface area contributed by atoms with Gasteiger partial charge in [0.1, 0.15) is 0 Å². The van der Waals surface area contributed by atoms with Crippen LogP contribution in [0.25, 0.3) is 0 Å². The van der Waals surface area contributed by atoms with Crippen LogP contribution in [-0.2, 0) is 48.0 Å². The van der Waals surface area contributed by atoms with Crippen molar-refractivity contribution < 1.29 is 48.0 Å². The number of amides is 7. The van der Waals surface area contributed by atoms with Gasteiger partial charge in [-0.3, -0.25) is 38.4 Å². The lowest BCUT2D eigenvalue weighted by Gasteiger charge is -2.28. The molecule has 2 N–H and O–H groups in total. The van der Waals surface area contributed by atoms with Crippen molar-refractivity contribution in [3.63, 3.8) is 0 Å². The second-order valence-electron chi connectivity index (χ2n) is 8.48. The number of imide groups is 2. The molecular weight excluding hydrogens is 518 g/mol. The Hall–Kier alpha value is -4.40. The number of nitrogens with one attached hydrogen (secondary N) is 2. The maximum atomic E-state index is 13.4. The monoisotopic (exact) mass is 549 g/mol. The van der Waals surface area contributed by atoms with E-state index < -0.39 is 59.7 Å². The molecule has 0 aliphatic carbocycles. The zero-order valence-corrected chi connectivity index (χ0v) is 21.3. The molecule has 0 aromatic carbocycles. The molecule has 212 valence electrons. The van der Waals surface area contributed by atoms with E-state index in [1.165, 1.54) is 4.90 Å². The zero-order valence-electron chi connectivity index (χ0n) is 21.3. The minimum absolute atomic E-state index is 0.00871. The topological polar surface area (TPSA) is 189 Å². The lowest BCUT2D eigenvalue weighted by molar-refractivity contribution is -0.197. The number of carbonyl (C=O) groups is 8. The molecule has 2 aliphatic rings. The van der Waals surface area contributed by atoms with E-state index in [1.54, 1.807) is 0 Å². The normalized spacial score (nSPS) is 15.0. The summed E-state index contributed by atoms with van der Waals surface area (Å²) in [7, 11) is 0. The van der Waals surface area contributed by atoms with Crippen molar-refractivity contribution in [1.29, 1.82) is 0 Å². The van der Waals surface area contributed by atoms with Crippen molar-refractivity contribution >= 4 is 47.3 Å². The third-order valence-corrected chi connectivity index (χ3v) is 5.66. The summed E-state index contributed by atoms with van der Waals surface area (Å²) in [4.78, 5) is 107. The molecule has 2 rings (SSSR count). The molecule has 15 nitrogen and oxygen atoms in total. The molecule has 0 radical (unpaired) electrons. The highest BCUT2D eigenvalue weighted by Crippen LogP contribution is 2.14. The highest BCUT2D eigenvalue weighted by molar-refractivity contribution is 6.01. The first-order chi connectivity index (χ1) is 18.6. The van der Waals surface area contributed by atoms with Gasteiger partial charge in [0.05, 0.1) is 18.9 Å². The summed E-state index contributed by atoms with van der Waals surface area (Å²) in [5, 5.41) is 6.04. The summed E-state index contributed by atoms with van der Waals surface area (Å²) in [5.74, 6) is -5.80. The second-order valence-corrected chi connectivity index (χ2v) is 8.48. The first kappa shape index (κ1) is 30.8. The molecule has 15 heteroatoms. The van der Waals surface area contributed by atoms with E-state index >= 15 is 0 Å². The summed E-state index contributed by atoms with van der Waals surface area (Å²) in [6, 6.07) is 0. The predicted octanol–water partition coefficient (Wildman–Crippen LogP) is -1.50. The van der Waals surface area contributed by atoms with Gasteiger partial charge in [-0.05, 0) is 18.6 Å². The molecule has 2 fully saturated rings. The number of hydrogen-bond donors (Lipinski definition) is 2. The SMILES string of the molecule is C=CC(=O)NCC(CNC(=O)C=C)C(=O)N(CCCON1C(=O)CCC1=O)CCC(=O)ON1C(=O)CCC1=O. The lowest BCUT2D eigenvalue weighted by Crippen LogP contribution is -2.47. The number of hydrogen-bond acceptors (Lipinski definition) is 10. The van der Waals surface area contributed by atoms with Crippen LogP contribution in [0, 0.1) is 5.92 Å². The Labute approximate surface area is 224 Å². The molecule has 0 atom stereocenters. The van der Waals surface area contributed by atoms with Gasteiger partial charge in [0.15, 0.2) is 0 Å². The van der Waals surface area contributed by atoms with Crippen LogP contribution in [0.1, 0.15) is 38.5 Å². The summed E-state index contributed by atoms with van der Waals surface area (Å²) in [6.45, 7) is 6.01. The van der Waals surface area contributed by atoms with Crippen LogP contribution >= 0.6 is 0 Å². The molecule has 39 heavy (non-hydrogen) atoms. The van der Waals surface area contributed by atoms with Gasteiger partial charge in [0, 0.05) is 51.9 Å². The van der Waals surface area contributed by atoms with Crippen LogP contribution in [0.3, 0.4) is 0 Å². The Balaban J connectivity index is 2.07. The van der Waals surface area contributed by atoms with Crippen molar-refractivity contribution in [3.05, 3.63) is 25.3 Å². The van der Waals surface area contributed by atoms with E-state index in [0.717, 1.165) is 12.2 Å². The van der Waals surface area contributed by atoms with Gasteiger partial charge >= 0.3 is 5.97 Å². The van der Waals surface area contributed by atoms with Crippen molar-refractivity contribution in [2.75, 3.05) is 32.8 Å². The third-order valence-electron chi connectivity index (χ3n) is 5.66. The number of hydroxylamine groups is 4. The number of rotatable bonds is 16. The Morgan fingerprint density at radius 2 is 1.31 bits per heavy atom. The molecule has 7 amide bonds. The zero-order chi connectivity index (χ0) is 28.9. The Kier molecular flexibility index (Phi) is 11.9. The highest BCUT2D eigenvalue weighted by atomic mass is 16.7. The molecule has 0 aromatic heterocycles. The molecule has 0 aromatic rings. The van der Waals surface area contributed by atoms with E-state index in [0.29, 0.717) is 10.1 Å². The van der Waals surface area contributed by atoms with Crippen molar-refractivity contribution in [1.82, 2.24) is 25.7 Å². The minimum Gasteiger partial charge on any atom is -0.352 e. The standard InChI is InChI=1S/C24H31N5O10/c1-3-17(30)25-14-16(15-26-18(31)4-2)24(37)27(11-5-13-38-28-19(32)6-7-20(28)33)12-10-23(36)39-29-21(34)8-9-22(29)35/h3-4,16H,1-2,5-15H2,(H,25,30)(H,26,31). The fourth-order valence-corrected chi connectivity index (χ4v) is 3.57. The molecule has 0 bridgehead atoms. The smallest absolute Gasteiger partial charge is 0.334 e. The molecule has 0 saturated carbocycles. The van der Waals surface area contributed by atoms with Crippen LogP contribution in [0.15, 0.2) is 25.3 Å². The molecular formula is C24H31N5O10. The fraction of sp³-hybridized carbons (Fsp3) is 0.500. The molecule has 2 saturated heterocycles. The van der Waals surface area contributed by atoms with Gasteiger partial charge in [0.2, 0.25) is 17.7 Å². The highest BCUT2D eigenvalue weighted by Gasteiger charge is 2.34. The summed E-state index contributed by atoms with van der Waals surface area (Å²) < 4.78 is 0. The van der Waals surface area contributed by atoms with Crippen molar-refractivity contribution in [2.24, 2.45) is 5.92 Å². The average Bonchev–Trinajstić information content (AvgIpc) is 3.41. The first-order valence-electron chi connectivity index (χ1n) is 12.2. The number of nitrogens with zero attached hydrogens (tertiary/aromatic N) is 3. The van der Waals surface area contributed by atoms with Gasteiger partial charge in [-0.2, -0.15) is 5.06 Å². The maximum absolute atomic E-state index is 13.4. The quantitative estimate of drug-likeness (QED) is 0.130. The van der Waals surface area contributed by atoms with Crippen LogP contribution in [-0.4, -0.2) is 95.1 Å². The second kappa shape index (κ2) is 15.1. The predicted molar refractivity (Wildman–Crippen MR) is 130 cm³/mol. The summed E-state index contributed by atoms with van der Waals surface area (Å²) in [6.07, 6.45) is 1.71. The third kappa shape index (κ3) is 9.45. The Morgan fingerprint density at radius 1 is 0.821 bits per heavy atom. The average molecular weight is 550 g/mol. The maximum Gasteiger partial charge on any atom is 0.334 e. The van der Waals surface area contributed by atoms with Crippen LogP contribution < -0.4 is 10.6 Å². The fourth-order valence-electron chi connectivity index (χ4n) is 3.57. The molecule has 2 heterocycles. The van der Waals surface area contributed by atoms with E-state index in [9.17, 15) is 38.4 Å². The van der Waals surface area contributed by atoms with Gasteiger partial charge in [-0.15, -0.1) is 5.06 Å². The van der Waals surface area contributed by atoms with Gasteiger partial charge in [-0.25, -0.2) is 4.79 Å². The minimum atomic E-state index is -0.960. The van der Waals surface area contributed by atoms with Gasteiger partial charge < -0.3 is 20.4 Å². The van der Waals surface area contributed by atoms with Crippen molar-refractivity contribution in [3.8, 4) is 0 Å². The van der Waals surface area contributed by atoms with Crippen LogP contribution in [0.2, 0.25) is 0 Å². The molecule has 0 unspecified atom stereocenters. The molecule has 2 aliphatic heterocycles. The molecule has 0 spiro atoms. The van der Waals surface area contributed by atoms with E-state index in [2.05, 4.69) is 23.8 Å². The summed E-state index contributed by atoms with van der Waals surface area (Å²) >= 11 is 0. The van der Waals surface area contributed by atoms with Crippen LogP contribution in [0.5, 0.6) is 0 Å². The van der Waals surface area contributed by atoms with E-state index in [1.807, 2.05) is 0 Å².